The van der Waals surface area contributed by atoms with Crippen LogP contribution in [0.4, 0.5) is 0 Å². The summed E-state index contributed by atoms with van der Waals surface area (Å²) >= 11 is 2.81. The topological polar surface area (TPSA) is 62.5 Å². The maximum Gasteiger partial charge on any atom is 0.180 e. The van der Waals surface area contributed by atoms with Crippen LogP contribution in [0.1, 0.15) is 5.56 Å². The highest BCUT2D eigenvalue weighted by molar-refractivity contribution is 8.01. The molecule has 0 saturated heterocycles. The first-order valence-electron chi connectivity index (χ1n) is 5.11. The molecule has 4 nitrogen and oxygen atoms in total. The number of nitrogens with zero attached hydrogens (tertiary/aromatic N) is 4. The van der Waals surface area contributed by atoms with Crippen molar-refractivity contribution in [2.45, 2.75) is 9.37 Å². The largest absolute Gasteiger partial charge is 0.240 e. The number of aromatic nitrogens is 3. The zero-order valence-corrected chi connectivity index (χ0v) is 10.7. The van der Waals surface area contributed by atoms with Gasteiger partial charge >= 0.3 is 0 Å². The van der Waals surface area contributed by atoms with Crippen molar-refractivity contribution in [3.63, 3.8) is 0 Å². The highest BCUT2D eigenvalue weighted by Gasteiger charge is 2.10. The van der Waals surface area contributed by atoms with E-state index < -0.39 is 0 Å². The van der Waals surface area contributed by atoms with Gasteiger partial charge in [0.05, 0.1) is 11.1 Å². The second-order valence-electron chi connectivity index (χ2n) is 3.45. The van der Waals surface area contributed by atoms with E-state index in [4.69, 9.17) is 0 Å². The second kappa shape index (κ2) is 4.72. The fraction of sp³-hybridized carbons (Fsp3) is 0. The van der Waals surface area contributed by atoms with E-state index in [1.165, 1.54) is 23.1 Å². The monoisotopic (exact) mass is 270 g/mol. The van der Waals surface area contributed by atoms with Crippen LogP contribution in [0.15, 0.2) is 45.2 Å². The quantitative estimate of drug-likeness (QED) is 0.716. The number of pyridine rings is 1. The van der Waals surface area contributed by atoms with Crippen molar-refractivity contribution in [3.05, 3.63) is 41.4 Å². The predicted molar refractivity (Wildman–Crippen MR) is 70.5 cm³/mol. The summed E-state index contributed by atoms with van der Waals surface area (Å²) in [5, 5.41) is 18.5. The summed E-state index contributed by atoms with van der Waals surface area (Å²) in [6.45, 7) is 0. The number of para-hydroxylation sites is 1. The fourth-order valence-electron chi connectivity index (χ4n) is 1.55. The van der Waals surface area contributed by atoms with Crippen molar-refractivity contribution in [3.8, 4) is 6.07 Å². The zero-order valence-electron chi connectivity index (χ0n) is 9.07. The van der Waals surface area contributed by atoms with Crippen molar-refractivity contribution < 1.29 is 0 Å². The van der Waals surface area contributed by atoms with Gasteiger partial charge in [0.25, 0.3) is 0 Å². The maximum atomic E-state index is 9.17. The Kier molecular flexibility index (Phi) is 2.92. The van der Waals surface area contributed by atoms with Gasteiger partial charge in [-0.25, -0.2) is 4.98 Å². The van der Waals surface area contributed by atoms with Crippen molar-refractivity contribution in [2.75, 3.05) is 0 Å². The Morgan fingerprint density at radius 1 is 1.28 bits per heavy atom. The second-order valence-corrected chi connectivity index (χ2v) is 5.52. The third-order valence-electron chi connectivity index (χ3n) is 2.33. The van der Waals surface area contributed by atoms with E-state index in [-0.39, 0.29) is 0 Å². The van der Waals surface area contributed by atoms with Crippen LogP contribution >= 0.6 is 23.1 Å². The van der Waals surface area contributed by atoms with E-state index in [1.54, 1.807) is 5.51 Å². The molecule has 0 atom stereocenters. The molecule has 0 fully saturated rings. The predicted octanol–water partition coefficient (Wildman–Crippen LogP) is 3.11. The highest BCUT2D eigenvalue weighted by Crippen LogP contribution is 2.31. The third-order valence-corrected chi connectivity index (χ3v) is 4.12. The van der Waals surface area contributed by atoms with E-state index >= 15 is 0 Å². The van der Waals surface area contributed by atoms with E-state index in [0.29, 0.717) is 10.6 Å². The SMILES string of the molecule is N#Cc1cc2ccccc2nc1Sc1nncs1. The molecule has 0 aliphatic rings. The molecule has 0 N–H and O–H groups in total. The van der Waals surface area contributed by atoms with Gasteiger partial charge in [0.1, 0.15) is 16.6 Å². The molecule has 0 unspecified atom stereocenters. The van der Waals surface area contributed by atoms with Crippen LogP contribution in [0.3, 0.4) is 0 Å². The Morgan fingerprint density at radius 2 is 2.17 bits per heavy atom. The normalized spacial score (nSPS) is 10.4. The smallest absolute Gasteiger partial charge is 0.180 e. The van der Waals surface area contributed by atoms with Crippen molar-refractivity contribution in [1.82, 2.24) is 15.2 Å². The molecule has 2 heterocycles. The van der Waals surface area contributed by atoms with Crippen LogP contribution < -0.4 is 0 Å². The molecule has 6 heteroatoms. The molecular weight excluding hydrogens is 264 g/mol. The summed E-state index contributed by atoms with van der Waals surface area (Å²) in [6.07, 6.45) is 0. The first-order valence-corrected chi connectivity index (χ1v) is 6.80. The standard InChI is InChI=1S/C12H6N4S2/c13-6-9-5-8-3-1-2-4-10(8)15-11(9)18-12-16-14-7-17-12/h1-5,7H. The Morgan fingerprint density at radius 3 is 2.94 bits per heavy atom. The molecule has 0 aliphatic heterocycles. The van der Waals surface area contributed by atoms with Crippen LogP contribution in [0.25, 0.3) is 10.9 Å². The number of hydrogen-bond acceptors (Lipinski definition) is 6. The molecule has 3 aromatic rings. The van der Waals surface area contributed by atoms with Crippen LogP contribution in [0.2, 0.25) is 0 Å². The lowest BCUT2D eigenvalue weighted by atomic mass is 10.2. The molecule has 3 rings (SSSR count). The molecule has 0 radical (unpaired) electrons. The lowest BCUT2D eigenvalue weighted by Gasteiger charge is -2.02. The first-order chi connectivity index (χ1) is 8.86. The van der Waals surface area contributed by atoms with Gasteiger partial charge in [-0.2, -0.15) is 5.26 Å². The van der Waals surface area contributed by atoms with Crippen LogP contribution in [0, 0.1) is 11.3 Å². The van der Waals surface area contributed by atoms with Crippen LogP contribution in [-0.2, 0) is 0 Å². The molecule has 0 saturated carbocycles. The number of rotatable bonds is 2. The fourth-order valence-corrected chi connectivity index (χ4v) is 3.00. The number of hydrogen-bond donors (Lipinski definition) is 0. The van der Waals surface area contributed by atoms with Gasteiger partial charge in [0, 0.05) is 5.39 Å². The Labute approximate surface area is 111 Å². The molecule has 0 aliphatic carbocycles. The summed E-state index contributed by atoms with van der Waals surface area (Å²) in [5.74, 6) is 0. The molecule has 0 bridgehead atoms. The minimum atomic E-state index is 0.564. The molecular formula is C12H6N4S2. The maximum absolute atomic E-state index is 9.17. The Hall–Kier alpha value is -1.97. The minimum absolute atomic E-state index is 0.564. The lowest BCUT2D eigenvalue weighted by molar-refractivity contribution is 1.01. The summed E-state index contributed by atoms with van der Waals surface area (Å²) in [4.78, 5) is 4.50. The summed E-state index contributed by atoms with van der Waals surface area (Å²) in [6, 6.07) is 11.8. The van der Waals surface area contributed by atoms with Gasteiger partial charge in [-0.05, 0) is 23.9 Å². The average molecular weight is 270 g/mol. The lowest BCUT2D eigenvalue weighted by Crippen LogP contribution is -1.88. The Bertz CT molecular complexity index is 731. The molecule has 0 amide bonds. The van der Waals surface area contributed by atoms with E-state index in [1.807, 2.05) is 30.3 Å². The average Bonchev–Trinajstić information content (AvgIpc) is 2.91. The zero-order chi connectivity index (χ0) is 12.4. The summed E-state index contributed by atoms with van der Waals surface area (Å²) in [7, 11) is 0. The summed E-state index contributed by atoms with van der Waals surface area (Å²) < 4.78 is 0.786. The number of fused-ring (bicyclic) bond motifs is 1. The third kappa shape index (κ3) is 2.06. The van der Waals surface area contributed by atoms with Gasteiger partial charge in [0.2, 0.25) is 0 Å². The van der Waals surface area contributed by atoms with Crippen LogP contribution in [0.5, 0.6) is 0 Å². The highest BCUT2D eigenvalue weighted by atomic mass is 32.2. The number of nitriles is 1. The molecule has 0 spiro atoms. The van der Waals surface area contributed by atoms with Crippen molar-refractivity contribution in [1.29, 1.82) is 5.26 Å². The van der Waals surface area contributed by atoms with Gasteiger partial charge in [-0.15, -0.1) is 10.2 Å². The van der Waals surface area contributed by atoms with Crippen molar-refractivity contribution >= 4 is 34.0 Å². The van der Waals surface area contributed by atoms with Gasteiger partial charge in [-0.3, -0.25) is 0 Å². The van der Waals surface area contributed by atoms with E-state index in [9.17, 15) is 5.26 Å². The van der Waals surface area contributed by atoms with E-state index in [0.717, 1.165) is 15.2 Å². The molecule has 2 aromatic heterocycles. The molecule has 18 heavy (non-hydrogen) atoms. The van der Waals surface area contributed by atoms with Crippen LogP contribution in [-0.4, -0.2) is 15.2 Å². The molecule has 1 aromatic carbocycles. The van der Waals surface area contributed by atoms with Crippen molar-refractivity contribution in [2.24, 2.45) is 0 Å². The number of benzene rings is 1. The summed E-state index contributed by atoms with van der Waals surface area (Å²) in [5.41, 5.74) is 3.10. The van der Waals surface area contributed by atoms with Gasteiger partial charge < -0.3 is 0 Å². The Balaban J connectivity index is 2.12. The van der Waals surface area contributed by atoms with Gasteiger partial charge in [-0.1, -0.05) is 29.5 Å². The minimum Gasteiger partial charge on any atom is -0.240 e. The van der Waals surface area contributed by atoms with Gasteiger partial charge in [0.15, 0.2) is 4.34 Å². The van der Waals surface area contributed by atoms with E-state index in [2.05, 4.69) is 21.3 Å². The molecule has 86 valence electrons. The first kappa shape index (κ1) is 11.1.